The van der Waals surface area contributed by atoms with Crippen LogP contribution in [-0.2, 0) is 17.8 Å². The van der Waals surface area contributed by atoms with Crippen LogP contribution in [0.4, 0.5) is 5.00 Å². The molecule has 1 aromatic heterocycles. The quantitative estimate of drug-likeness (QED) is 0.789. The average Bonchev–Trinajstić information content (AvgIpc) is 2.90. The van der Waals surface area contributed by atoms with Gasteiger partial charge in [0.2, 0.25) is 0 Å². The second-order valence-electron chi connectivity index (χ2n) is 6.32. The predicted octanol–water partition coefficient (Wildman–Crippen LogP) is 3.60. The number of benzene rings is 1. The maximum absolute atomic E-state index is 12.2. The molecule has 0 fully saturated rings. The van der Waals surface area contributed by atoms with Gasteiger partial charge in [-0.3, -0.25) is 10.1 Å². The summed E-state index contributed by atoms with van der Waals surface area (Å²) in [5.41, 5.74) is 1.81. The van der Waals surface area contributed by atoms with Crippen LogP contribution >= 0.6 is 23.6 Å². The Labute approximate surface area is 155 Å². The van der Waals surface area contributed by atoms with Gasteiger partial charge in [0.1, 0.15) is 11.1 Å². The Morgan fingerprint density at radius 3 is 2.76 bits per heavy atom. The van der Waals surface area contributed by atoms with Crippen molar-refractivity contribution in [1.82, 2.24) is 5.32 Å². The molecule has 3 rings (SSSR count). The van der Waals surface area contributed by atoms with Crippen LogP contribution < -0.4 is 10.6 Å². The molecule has 0 atom stereocenters. The molecule has 0 aliphatic carbocycles. The van der Waals surface area contributed by atoms with E-state index in [1.807, 2.05) is 19.9 Å². The molecule has 0 radical (unpaired) electrons. The Morgan fingerprint density at radius 1 is 1.36 bits per heavy atom. The zero-order valence-corrected chi connectivity index (χ0v) is 15.5. The summed E-state index contributed by atoms with van der Waals surface area (Å²) in [6.07, 6.45) is 0.673. The lowest BCUT2D eigenvalue weighted by Crippen LogP contribution is -2.34. The number of nitriles is 1. The van der Waals surface area contributed by atoms with Crippen molar-refractivity contribution < 1.29 is 9.53 Å². The maximum atomic E-state index is 12.2. The van der Waals surface area contributed by atoms with Gasteiger partial charge in [-0.25, -0.2) is 0 Å². The molecule has 1 aliphatic heterocycles. The number of hydrogen-bond donors (Lipinski definition) is 2. The van der Waals surface area contributed by atoms with Gasteiger partial charge in [-0.1, -0.05) is 18.2 Å². The Bertz CT molecular complexity index is 866. The molecule has 128 valence electrons. The van der Waals surface area contributed by atoms with E-state index in [2.05, 4.69) is 16.7 Å². The van der Waals surface area contributed by atoms with E-state index < -0.39 is 0 Å². The number of ether oxygens (including phenoxy) is 1. The highest BCUT2D eigenvalue weighted by molar-refractivity contribution is 7.80. The smallest absolute Gasteiger partial charge is 0.257 e. The monoisotopic (exact) mass is 371 g/mol. The highest BCUT2D eigenvalue weighted by Gasteiger charge is 2.31. The fourth-order valence-corrected chi connectivity index (χ4v) is 4.00. The number of nitrogens with one attached hydrogen (secondary N) is 2. The van der Waals surface area contributed by atoms with E-state index in [1.165, 1.54) is 11.3 Å². The first kappa shape index (κ1) is 17.5. The molecule has 1 aromatic carbocycles. The number of hydrogen-bond acceptors (Lipinski definition) is 5. The second-order valence-corrected chi connectivity index (χ2v) is 7.83. The maximum Gasteiger partial charge on any atom is 0.257 e. The van der Waals surface area contributed by atoms with Crippen molar-refractivity contribution in [3.8, 4) is 6.07 Å². The van der Waals surface area contributed by atoms with Crippen molar-refractivity contribution in [2.45, 2.75) is 32.5 Å². The minimum absolute atomic E-state index is 0.170. The van der Waals surface area contributed by atoms with Crippen molar-refractivity contribution in [3.63, 3.8) is 0 Å². The topological polar surface area (TPSA) is 74.1 Å². The molecule has 0 bridgehead atoms. The summed E-state index contributed by atoms with van der Waals surface area (Å²) in [6.45, 7) is 4.49. The largest absolute Gasteiger partial charge is 0.370 e. The van der Waals surface area contributed by atoms with E-state index in [9.17, 15) is 10.1 Å². The van der Waals surface area contributed by atoms with E-state index in [-0.39, 0.29) is 16.6 Å². The molecule has 2 N–H and O–H groups in total. The summed E-state index contributed by atoms with van der Waals surface area (Å²) >= 11 is 6.67. The second kappa shape index (κ2) is 6.92. The molecule has 2 aromatic rings. The van der Waals surface area contributed by atoms with Crippen LogP contribution in [0.2, 0.25) is 0 Å². The third kappa shape index (κ3) is 3.87. The Morgan fingerprint density at radius 2 is 2.08 bits per heavy atom. The van der Waals surface area contributed by atoms with Crippen molar-refractivity contribution in [2.75, 3.05) is 5.32 Å². The number of fused-ring (bicyclic) bond motifs is 1. The summed E-state index contributed by atoms with van der Waals surface area (Å²) in [4.78, 5) is 13.2. The van der Waals surface area contributed by atoms with E-state index in [1.54, 1.807) is 24.3 Å². The lowest BCUT2D eigenvalue weighted by atomic mass is 9.93. The average molecular weight is 371 g/mol. The standard InChI is InChI=1S/C18H17N3O2S2/c1-18(2)8-12-13(9-19)16(25-14(12)10-23-18)21-17(24)20-15(22)11-6-4-3-5-7-11/h3-7H,8,10H2,1-2H3,(H2,20,21,22,24). The van der Waals surface area contributed by atoms with Gasteiger partial charge in [0.25, 0.3) is 5.91 Å². The zero-order valence-electron chi connectivity index (χ0n) is 13.9. The molecule has 25 heavy (non-hydrogen) atoms. The van der Waals surface area contributed by atoms with Gasteiger partial charge in [-0.15, -0.1) is 11.3 Å². The number of carbonyl (C=O) groups excluding carboxylic acids is 1. The first-order chi connectivity index (χ1) is 11.9. The Balaban J connectivity index is 1.75. The van der Waals surface area contributed by atoms with Crippen molar-refractivity contribution in [3.05, 3.63) is 51.9 Å². The number of anilines is 1. The van der Waals surface area contributed by atoms with Gasteiger partial charge in [0.15, 0.2) is 5.11 Å². The van der Waals surface area contributed by atoms with Gasteiger partial charge in [0, 0.05) is 16.9 Å². The SMILES string of the molecule is CC1(C)Cc2c(sc(NC(=S)NC(=O)c3ccccc3)c2C#N)CO1. The van der Waals surface area contributed by atoms with Gasteiger partial charge in [-0.2, -0.15) is 5.26 Å². The van der Waals surface area contributed by atoms with Crippen LogP contribution in [0.5, 0.6) is 0 Å². The molecular formula is C18H17N3O2S2. The lowest BCUT2D eigenvalue weighted by molar-refractivity contribution is -0.0383. The molecule has 7 heteroatoms. The Hall–Kier alpha value is -2.27. The highest BCUT2D eigenvalue weighted by atomic mass is 32.1. The van der Waals surface area contributed by atoms with Gasteiger partial charge in [-0.05, 0) is 43.8 Å². The van der Waals surface area contributed by atoms with Crippen LogP contribution in [0.3, 0.4) is 0 Å². The zero-order chi connectivity index (χ0) is 18.0. The number of thiophene rings is 1. The van der Waals surface area contributed by atoms with Crippen LogP contribution in [0, 0.1) is 11.3 Å². The molecule has 0 saturated heterocycles. The van der Waals surface area contributed by atoms with Gasteiger partial charge >= 0.3 is 0 Å². The first-order valence-corrected chi connectivity index (χ1v) is 8.98. The molecule has 5 nitrogen and oxygen atoms in total. The van der Waals surface area contributed by atoms with Crippen LogP contribution in [0.15, 0.2) is 30.3 Å². The Kier molecular flexibility index (Phi) is 4.86. The van der Waals surface area contributed by atoms with Crippen LogP contribution in [-0.4, -0.2) is 16.6 Å². The van der Waals surface area contributed by atoms with Crippen LogP contribution in [0.1, 0.15) is 40.2 Å². The van der Waals surface area contributed by atoms with Crippen molar-refractivity contribution in [2.24, 2.45) is 0 Å². The highest BCUT2D eigenvalue weighted by Crippen LogP contribution is 2.39. The summed E-state index contributed by atoms with van der Waals surface area (Å²) in [5, 5.41) is 16.0. The number of carbonyl (C=O) groups is 1. The van der Waals surface area contributed by atoms with Crippen LogP contribution in [0.25, 0.3) is 0 Å². The lowest BCUT2D eigenvalue weighted by Gasteiger charge is -2.29. The fraction of sp³-hybridized carbons (Fsp3) is 0.278. The molecule has 0 unspecified atom stereocenters. The minimum atomic E-state index is -0.293. The summed E-state index contributed by atoms with van der Waals surface area (Å²) in [7, 11) is 0. The molecule has 0 saturated carbocycles. The summed E-state index contributed by atoms with van der Waals surface area (Å²) < 4.78 is 5.80. The number of thiocarbonyl (C=S) groups is 1. The fourth-order valence-electron chi connectivity index (χ4n) is 2.66. The summed E-state index contributed by atoms with van der Waals surface area (Å²) in [5.74, 6) is -0.289. The van der Waals surface area contributed by atoms with E-state index in [0.29, 0.717) is 29.2 Å². The van der Waals surface area contributed by atoms with Crippen molar-refractivity contribution in [1.29, 1.82) is 5.26 Å². The molecular weight excluding hydrogens is 354 g/mol. The van der Waals surface area contributed by atoms with E-state index in [4.69, 9.17) is 17.0 Å². The third-order valence-corrected chi connectivity index (χ3v) is 5.21. The predicted molar refractivity (Wildman–Crippen MR) is 102 cm³/mol. The number of nitrogens with zero attached hydrogens (tertiary/aromatic N) is 1. The van der Waals surface area contributed by atoms with Gasteiger partial charge in [0.05, 0.1) is 17.8 Å². The molecule has 1 amide bonds. The number of rotatable bonds is 2. The van der Waals surface area contributed by atoms with Gasteiger partial charge < -0.3 is 10.1 Å². The molecule has 1 aliphatic rings. The van der Waals surface area contributed by atoms with Crippen molar-refractivity contribution >= 4 is 39.6 Å². The molecule has 2 heterocycles. The van der Waals surface area contributed by atoms with E-state index in [0.717, 1.165) is 10.4 Å². The van der Waals surface area contributed by atoms with E-state index >= 15 is 0 Å². The third-order valence-electron chi connectivity index (χ3n) is 3.89. The first-order valence-electron chi connectivity index (χ1n) is 7.75. The summed E-state index contributed by atoms with van der Waals surface area (Å²) in [6, 6.07) is 11.1. The normalized spacial score (nSPS) is 14.9. The minimum Gasteiger partial charge on any atom is -0.370 e. The number of amides is 1. The molecule has 0 spiro atoms.